The van der Waals surface area contributed by atoms with Crippen molar-refractivity contribution in [2.45, 2.75) is 12.3 Å². The molecular weight excluding hydrogens is 317 g/mol. The van der Waals surface area contributed by atoms with Crippen LogP contribution in [0.5, 0.6) is 0 Å². The Kier molecular flexibility index (Phi) is 4.50. The summed E-state index contributed by atoms with van der Waals surface area (Å²) >= 11 is 0. The molecule has 0 saturated carbocycles. The highest BCUT2D eigenvalue weighted by atomic mass is 19.1. The van der Waals surface area contributed by atoms with Crippen LogP contribution in [-0.2, 0) is 14.3 Å². The molecule has 1 aromatic rings. The minimum absolute atomic E-state index is 0.217. The van der Waals surface area contributed by atoms with Gasteiger partial charge in [-0.15, -0.1) is 0 Å². The van der Waals surface area contributed by atoms with E-state index in [1.54, 1.807) is 17.0 Å². The third kappa shape index (κ3) is 2.98. The summed E-state index contributed by atoms with van der Waals surface area (Å²) in [6, 6.07) is 4.70. The Labute approximate surface area is 138 Å². The summed E-state index contributed by atoms with van der Waals surface area (Å²) in [5.41, 5.74) is 1.64. The molecule has 3 amide bonds. The number of hydrogen-bond acceptors (Lipinski definition) is 4. The molecule has 3 rings (SSSR count). The predicted molar refractivity (Wildman–Crippen MR) is 82.2 cm³/mol. The Morgan fingerprint density at radius 3 is 2.54 bits per heavy atom. The van der Waals surface area contributed by atoms with Gasteiger partial charge in [-0.25, -0.2) is 9.18 Å². The number of benzene rings is 1. The lowest BCUT2D eigenvalue weighted by atomic mass is 9.96. The molecule has 0 aliphatic carbocycles. The number of methoxy groups -OCH3 is 2. The van der Waals surface area contributed by atoms with Gasteiger partial charge in [0.2, 0.25) is 0 Å². The monoisotopic (exact) mass is 335 g/mol. The summed E-state index contributed by atoms with van der Waals surface area (Å²) in [5.74, 6) is -0.596. The van der Waals surface area contributed by atoms with E-state index in [4.69, 9.17) is 9.47 Å². The first kappa shape index (κ1) is 16.4. The molecule has 0 spiro atoms. The number of carbonyl (C=O) groups excluding carboxylic acids is 2. The van der Waals surface area contributed by atoms with Crippen molar-refractivity contribution in [1.29, 1.82) is 0 Å². The number of hydrogen-bond donors (Lipinski definition) is 2. The molecule has 0 bridgehead atoms. The fraction of sp³-hybridized carbons (Fsp3) is 0.375. The molecule has 0 fully saturated rings. The summed E-state index contributed by atoms with van der Waals surface area (Å²) in [4.78, 5) is 26.2. The van der Waals surface area contributed by atoms with Gasteiger partial charge >= 0.3 is 6.03 Å². The summed E-state index contributed by atoms with van der Waals surface area (Å²) in [6.07, 6.45) is -0.553. The summed E-state index contributed by atoms with van der Waals surface area (Å²) < 4.78 is 23.4. The van der Waals surface area contributed by atoms with Gasteiger partial charge in [-0.1, -0.05) is 12.1 Å². The highest BCUT2D eigenvalue weighted by Crippen LogP contribution is 2.32. The van der Waals surface area contributed by atoms with Crippen LogP contribution in [0.25, 0.3) is 0 Å². The predicted octanol–water partition coefficient (Wildman–Crippen LogP) is 0.895. The van der Waals surface area contributed by atoms with E-state index in [1.165, 1.54) is 26.4 Å². The molecule has 2 aliphatic rings. The second kappa shape index (κ2) is 6.58. The quantitative estimate of drug-likeness (QED) is 0.784. The van der Waals surface area contributed by atoms with Gasteiger partial charge in [-0.3, -0.25) is 4.79 Å². The number of ether oxygens (including phenoxy) is 2. The van der Waals surface area contributed by atoms with Crippen molar-refractivity contribution in [3.05, 3.63) is 46.9 Å². The van der Waals surface area contributed by atoms with E-state index in [-0.39, 0.29) is 24.8 Å². The number of nitrogens with one attached hydrogen (secondary N) is 2. The van der Waals surface area contributed by atoms with Crippen LogP contribution in [0.15, 0.2) is 35.5 Å². The first-order valence-corrected chi connectivity index (χ1v) is 7.44. The standard InChI is InChI=1S/C16H18FN3O4/c1-23-12(24-2)8-20-7-11-13(15(20)21)14(19-16(22)18-11)9-3-5-10(17)6-4-9/h3-6,12,14H,7-8H2,1-2H3,(H2,18,19,22)/t14-/m0/s1. The van der Waals surface area contributed by atoms with Crippen molar-refractivity contribution in [1.82, 2.24) is 15.5 Å². The average Bonchev–Trinajstić information content (AvgIpc) is 2.88. The topological polar surface area (TPSA) is 79.9 Å². The SMILES string of the molecule is COC(CN1CC2=C(C1=O)[C@H](c1ccc(F)cc1)NC(=O)N2)OC. The summed E-state index contributed by atoms with van der Waals surface area (Å²) in [5, 5.41) is 5.39. The Balaban J connectivity index is 1.87. The van der Waals surface area contributed by atoms with Gasteiger partial charge in [0.25, 0.3) is 5.91 Å². The molecule has 2 heterocycles. The highest BCUT2D eigenvalue weighted by molar-refractivity contribution is 6.01. The molecule has 1 atom stereocenters. The van der Waals surface area contributed by atoms with Crippen LogP contribution < -0.4 is 10.6 Å². The van der Waals surface area contributed by atoms with Crippen molar-refractivity contribution in [2.75, 3.05) is 27.3 Å². The fourth-order valence-corrected chi connectivity index (χ4v) is 2.91. The second-order valence-electron chi connectivity index (χ2n) is 5.56. The van der Waals surface area contributed by atoms with Gasteiger partial charge in [0, 0.05) is 14.2 Å². The van der Waals surface area contributed by atoms with Crippen LogP contribution in [0.2, 0.25) is 0 Å². The molecular formula is C16H18FN3O4. The third-order valence-corrected chi connectivity index (χ3v) is 4.12. The molecule has 0 saturated heterocycles. The first-order valence-electron chi connectivity index (χ1n) is 7.44. The molecule has 0 radical (unpaired) electrons. The van der Waals surface area contributed by atoms with Crippen LogP contribution in [0.4, 0.5) is 9.18 Å². The van der Waals surface area contributed by atoms with Gasteiger partial charge in [-0.2, -0.15) is 0 Å². The van der Waals surface area contributed by atoms with Gasteiger partial charge in [-0.05, 0) is 17.7 Å². The van der Waals surface area contributed by atoms with Crippen molar-refractivity contribution in [2.24, 2.45) is 0 Å². The maximum absolute atomic E-state index is 13.1. The lowest BCUT2D eigenvalue weighted by molar-refractivity contribution is -0.140. The lowest BCUT2D eigenvalue weighted by Gasteiger charge is -2.25. The minimum Gasteiger partial charge on any atom is -0.354 e. The Hall–Kier alpha value is -2.45. The van der Waals surface area contributed by atoms with E-state index >= 15 is 0 Å². The van der Waals surface area contributed by atoms with E-state index in [0.29, 0.717) is 16.8 Å². The number of urea groups is 1. The maximum atomic E-state index is 13.1. The molecule has 8 heteroatoms. The number of nitrogens with zero attached hydrogens (tertiary/aromatic N) is 1. The number of carbonyl (C=O) groups is 2. The van der Waals surface area contributed by atoms with E-state index in [1.807, 2.05) is 0 Å². The van der Waals surface area contributed by atoms with Gasteiger partial charge in [0.15, 0.2) is 6.29 Å². The number of halogens is 1. The van der Waals surface area contributed by atoms with Crippen molar-refractivity contribution < 1.29 is 23.5 Å². The van der Waals surface area contributed by atoms with Crippen LogP contribution in [0, 0.1) is 5.82 Å². The third-order valence-electron chi connectivity index (χ3n) is 4.12. The van der Waals surface area contributed by atoms with E-state index < -0.39 is 18.4 Å². The maximum Gasteiger partial charge on any atom is 0.319 e. The van der Waals surface area contributed by atoms with Crippen molar-refractivity contribution >= 4 is 11.9 Å². The zero-order valence-corrected chi connectivity index (χ0v) is 13.3. The number of rotatable bonds is 5. The summed E-state index contributed by atoms with van der Waals surface area (Å²) in [7, 11) is 2.99. The summed E-state index contributed by atoms with van der Waals surface area (Å²) in [6.45, 7) is 0.507. The molecule has 24 heavy (non-hydrogen) atoms. The van der Waals surface area contributed by atoms with Crippen LogP contribution in [0.1, 0.15) is 11.6 Å². The lowest BCUT2D eigenvalue weighted by Crippen LogP contribution is -2.44. The second-order valence-corrected chi connectivity index (χ2v) is 5.56. The van der Waals surface area contributed by atoms with E-state index in [2.05, 4.69) is 10.6 Å². The zero-order chi connectivity index (χ0) is 17.3. The zero-order valence-electron chi connectivity index (χ0n) is 13.3. The number of amides is 3. The molecule has 0 unspecified atom stereocenters. The van der Waals surface area contributed by atoms with E-state index in [0.717, 1.165) is 0 Å². The molecule has 2 aliphatic heterocycles. The molecule has 1 aromatic carbocycles. The van der Waals surface area contributed by atoms with E-state index in [9.17, 15) is 14.0 Å². The molecule has 128 valence electrons. The molecule has 7 nitrogen and oxygen atoms in total. The van der Waals surface area contributed by atoms with Crippen LogP contribution >= 0.6 is 0 Å². The molecule has 0 aromatic heterocycles. The highest BCUT2D eigenvalue weighted by Gasteiger charge is 2.40. The van der Waals surface area contributed by atoms with Gasteiger partial charge < -0.3 is 25.0 Å². The van der Waals surface area contributed by atoms with Crippen molar-refractivity contribution in [3.8, 4) is 0 Å². The average molecular weight is 335 g/mol. The largest absolute Gasteiger partial charge is 0.354 e. The Morgan fingerprint density at radius 1 is 1.25 bits per heavy atom. The minimum atomic E-state index is -0.615. The first-order chi connectivity index (χ1) is 11.5. The smallest absolute Gasteiger partial charge is 0.319 e. The fourth-order valence-electron chi connectivity index (χ4n) is 2.91. The van der Waals surface area contributed by atoms with Gasteiger partial charge in [0.1, 0.15) is 5.82 Å². The Morgan fingerprint density at radius 2 is 1.92 bits per heavy atom. The van der Waals surface area contributed by atoms with Crippen LogP contribution in [-0.4, -0.2) is 50.4 Å². The Bertz CT molecular complexity index is 685. The van der Waals surface area contributed by atoms with Crippen LogP contribution in [0.3, 0.4) is 0 Å². The molecule has 2 N–H and O–H groups in total. The van der Waals surface area contributed by atoms with Crippen molar-refractivity contribution in [3.63, 3.8) is 0 Å². The van der Waals surface area contributed by atoms with Gasteiger partial charge in [0.05, 0.1) is 30.4 Å². The normalized spacial score (nSPS) is 20.3.